The van der Waals surface area contributed by atoms with E-state index in [4.69, 9.17) is 11.6 Å². The van der Waals surface area contributed by atoms with Crippen molar-refractivity contribution < 1.29 is 0 Å². The van der Waals surface area contributed by atoms with Crippen LogP contribution in [-0.2, 0) is 19.4 Å². The zero-order chi connectivity index (χ0) is 13.1. The minimum absolute atomic E-state index is 0.625. The number of hydrogen-bond acceptors (Lipinski definition) is 1. The molecule has 1 aromatic rings. The lowest BCUT2D eigenvalue weighted by atomic mass is 9.85. The van der Waals surface area contributed by atoms with Gasteiger partial charge < -0.3 is 5.32 Å². The van der Waals surface area contributed by atoms with Crippen LogP contribution < -0.4 is 5.32 Å². The zero-order valence-corrected chi connectivity index (χ0v) is 12.4. The summed E-state index contributed by atoms with van der Waals surface area (Å²) in [6.07, 6.45) is 9.19. The molecule has 0 heterocycles. The Morgan fingerprint density at radius 3 is 2.79 bits per heavy atom. The maximum absolute atomic E-state index is 6.09. The number of nitrogens with one attached hydrogen (secondary N) is 1. The number of benzene rings is 1. The van der Waals surface area contributed by atoms with Crippen LogP contribution in [0.2, 0.25) is 0 Å². The highest BCUT2D eigenvalue weighted by Crippen LogP contribution is 2.26. The monoisotopic (exact) mass is 277 g/mol. The van der Waals surface area contributed by atoms with Crippen molar-refractivity contribution in [1.29, 1.82) is 0 Å². The second kappa shape index (κ2) is 6.28. The van der Waals surface area contributed by atoms with E-state index < -0.39 is 0 Å². The number of hydrogen-bond donors (Lipinski definition) is 1. The average Bonchev–Trinajstić information content (AvgIpc) is 2.93. The van der Waals surface area contributed by atoms with Crippen LogP contribution in [0.5, 0.6) is 0 Å². The van der Waals surface area contributed by atoms with Crippen molar-refractivity contribution >= 4 is 11.6 Å². The molecule has 3 rings (SSSR count). The Hall–Kier alpha value is -0.530. The first kappa shape index (κ1) is 13.5. The Balaban J connectivity index is 1.59. The molecular weight excluding hydrogens is 254 g/mol. The molecule has 19 heavy (non-hydrogen) atoms. The van der Waals surface area contributed by atoms with Gasteiger partial charge in [-0.3, -0.25) is 0 Å². The van der Waals surface area contributed by atoms with Crippen molar-refractivity contribution in [3.63, 3.8) is 0 Å². The van der Waals surface area contributed by atoms with E-state index in [9.17, 15) is 0 Å². The van der Waals surface area contributed by atoms with E-state index in [-0.39, 0.29) is 0 Å². The van der Waals surface area contributed by atoms with Gasteiger partial charge in [-0.25, -0.2) is 0 Å². The number of fused-ring (bicyclic) bond motifs is 1. The van der Waals surface area contributed by atoms with Crippen LogP contribution in [0.1, 0.15) is 48.8 Å². The molecule has 0 saturated heterocycles. The summed E-state index contributed by atoms with van der Waals surface area (Å²) in [5.41, 5.74) is 4.59. The molecule has 0 aliphatic heterocycles. The number of halogens is 1. The Bertz CT molecular complexity index is 429. The summed E-state index contributed by atoms with van der Waals surface area (Å²) < 4.78 is 0. The molecule has 1 nitrogen and oxygen atoms in total. The van der Waals surface area contributed by atoms with Gasteiger partial charge in [0.05, 0.1) is 0 Å². The Morgan fingerprint density at radius 2 is 1.89 bits per heavy atom. The lowest BCUT2D eigenvalue weighted by Crippen LogP contribution is -2.38. The first-order chi connectivity index (χ1) is 9.36. The molecule has 0 bridgehead atoms. The third kappa shape index (κ3) is 3.14. The lowest BCUT2D eigenvalue weighted by molar-refractivity contribution is 0.282. The largest absolute Gasteiger partial charge is 0.310 e. The highest BCUT2D eigenvalue weighted by molar-refractivity contribution is 6.18. The fraction of sp³-hybridized carbons (Fsp3) is 0.647. The molecule has 1 saturated carbocycles. The van der Waals surface area contributed by atoms with E-state index >= 15 is 0 Å². The normalized spacial score (nSPS) is 26.4. The Morgan fingerprint density at radius 1 is 1.05 bits per heavy atom. The number of rotatable bonds is 4. The van der Waals surface area contributed by atoms with Crippen molar-refractivity contribution in [3.05, 3.63) is 34.9 Å². The molecule has 1 N–H and O–H groups in total. The fourth-order valence-corrected chi connectivity index (χ4v) is 4.01. The highest BCUT2D eigenvalue weighted by Gasteiger charge is 2.23. The lowest BCUT2D eigenvalue weighted by Gasteiger charge is -2.31. The third-order valence-electron chi connectivity index (χ3n) is 4.84. The van der Waals surface area contributed by atoms with Gasteiger partial charge in [0.1, 0.15) is 0 Å². The number of aryl methyl sites for hydroxylation is 2. The maximum Gasteiger partial charge on any atom is 0.0266 e. The number of alkyl halides is 1. The van der Waals surface area contributed by atoms with Crippen molar-refractivity contribution in [1.82, 2.24) is 5.32 Å². The van der Waals surface area contributed by atoms with Crippen LogP contribution >= 0.6 is 11.6 Å². The van der Waals surface area contributed by atoms with Crippen molar-refractivity contribution in [3.8, 4) is 0 Å². The van der Waals surface area contributed by atoms with E-state index in [1.54, 1.807) is 11.1 Å². The quantitative estimate of drug-likeness (QED) is 0.819. The minimum Gasteiger partial charge on any atom is -0.310 e. The van der Waals surface area contributed by atoms with Crippen LogP contribution in [0.3, 0.4) is 0 Å². The Kier molecular flexibility index (Phi) is 4.45. The second-order valence-corrected chi connectivity index (χ2v) is 6.45. The third-order valence-corrected chi connectivity index (χ3v) is 5.23. The summed E-state index contributed by atoms with van der Waals surface area (Å²) in [6.45, 7) is 1.01. The molecule has 0 radical (unpaired) electrons. The molecule has 1 aromatic carbocycles. The van der Waals surface area contributed by atoms with Gasteiger partial charge in [-0.15, -0.1) is 11.6 Å². The van der Waals surface area contributed by atoms with Gasteiger partial charge in [0.25, 0.3) is 0 Å². The molecule has 104 valence electrons. The molecule has 2 aliphatic rings. The summed E-state index contributed by atoms with van der Waals surface area (Å²) in [5.74, 6) is 1.48. The van der Waals surface area contributed by atoms with E-state index in [2.05, 4.69) is 23.5 Å². The summed E-state index contributed by atoms with van der Waals surface area (Å²) in [5, 5.41) is 3.75. The minimum atomic E-state index is 0.625. The molecule has 2 heteroatoms. The zero-order valence-electron chi connectivity index (χ0n) is 11.6. The van der Waals surface area contributed by atoms with Crippen LogP contribution in [0.4, 0.5) is 0 Å². The Labute approximate surface area is 121 Å². The summed E-state index contributed by atoms with van der Waals surface area (Å²) in [4.78, 5) is 0. The van der Waals surface area contributed by atoms with Crippen molar-refractivity contribution in [2.24, 2.45) is 5.92 Å². The summed E-state index contributed by atoms with van der Waals surface area (Å²) in [7, 11) is 0. The van der Waals surface area contributed by atoms with Gasteiger partial charge in [0.15, 0.2) is 0 Å². The maximum atomic E-state index is 6.09. The molecular formula is C17H24ClN. The van der Waals surface area contributed by atoms with Crippen LogP contribution in [0.25, 0.3) is 0 Å². The smallest absolute Gasteiger partial charge is 0.0266 e. The van der Waals surface area contributed by atoms with Crippen LogP contribution in [0.15, 0.2) is 18.2 Å². The average molecular weight is 278 g/mol. The van der Waals surface area contributed by atoms with Crippen LogP contribution in [-0.4, -0.2) is 11.9 Å². The van der Waals surface area contributed by atoms with Crippen molar-refractivity contribution in [2.45, 2.75) is 57.5 Å². The van der Waals surface area contributed by atoms with Gasteiger partial charge in [0.2, 0.25) is 0 Å². The van der Waals surface area contributed by atoms with Gasteiger partial charge >= 0.3 is 0 Å². The van der Waals surface area contributed by atoms with E-state index in [1.165, 1.54) is 50.5 Å². The van der Waals surface area contributed by atoms with Gasteiger partial charge in [-0.05, 0) is 54.7 Å². The molecule has 2 atom stereocenters. The second-order valence-electron chi connectivity index (χ2n) is 6.14. The highest BCUT2D eigenvalue weighted by atomic mass is 35.5. The summed E-state index contributed by atoms with van der Waals surface area (Å²) in [6, 6.07) is 7.67. The van der Waals surface area contributed by atoms with E-state index in [1.807, 2.05) is 0 Å². The van der Waals surface area contributed by atoms with Gasteiger partial charge in [0, 0.05) is 18.5 Å². The topological polar surface area (TPSA) is 12.0 Å². The van der Waals surface area contributed by atoms with Crippen molar-refractivity contribution in [2.75, 3.05) is 5.88 Å². The van der Waals surface area contributed by atoms with Gasteiger partial charge in [-0.1, -0.05) is 31.0 Å². The predicted octanol–water partition coefficient (Wildman–Crippen LogP) is 4.06. The standard InChI is InChI=1S/C17H24ClN/c18-11-16-4-1-2-7-17(16)19-12-13-8-9-14-5-3-6-15(14)10-13/h8-10,16-17,19H,1-7,11-12H2. The molecule has 0 amide bonds. The predicted molar refractivity (Wildman–Crippen MR) is 81.8 cm³/mol. The molecule has 0 spiro atoms. The SMILES string of the molecule is ClCC1CCCCC1NCc1ccc2c(c1)CCC2. The first-order valence-corrected chi connectivity index (χ1v) is 8.30. The summed E-state index contributed by atoms with van der Waals surface area (Å²) >= 11 is 6.09. The fourth-order valence-electron chi connectivity index (χ4n) is 3.65. The molecule has 1 fully saturated rings. The van der Waals surface area contributed by atoms with Crippen LogP contribution in [0, 0.1) is 5.92 Å². The van der Waals surface area contributed by atoms with E-state index in [0.717, 1.165) is 12.4 Å². The molecule has 0 aromatic heterocycles. The van der Waals surface area contributed by atoms with E-state index in [0.29, 0.717) is 12.0 Å². The first-order valence-electron chi connectivity index (χ1n) is 7.77. The molecule has 2 unspecified atom stereocenters. The van der Waals surface area contributed by atoms with Gasteiger partial charge in [-0.2, -0.15) is 0 Å². The molecule has 2 aliphatic carbocycles.